The minimum atomic E-state index is -0.243. The molecule has 0 aliphatic heterocycles. The summed E-state index contributed by atoms with van der Waals surface area (Å²) >= 11 is 12.1. The summed E-state index contributed by atoms with van der Waals surface area (Å²) in [6.07, 6.45) is 1.94. The van der Waals surface area contributed by atoms with E-state index < -0.39 is 0 Å². The van der Waals surface area contributed by atoms with Gasteiger partial charge in [-0.1, -0.05) is 41.4 Å². The fourth-order valence-electron chi connectivity index (χ4n) is 3.28. The highest BCUT2D eigenvalue weighted by atomic mass is 35.5. The molecule has 1 amide bonds. The summed E-state index contributed by atoms with van der Waals surface area (Å²) in [5, 5.41) is 4.13. The minimum absolute atomic E-state index is 0.243. The second-order valence-electron chi connectivity index (χ2n) is 6.62. The van der Waals surface area contributed by atoms with Gasteiger partial charge in [-0.15, -0.1) is 0 Å². The molecule has 0 saturated heterocycles. The fraction of sp³-hybridized carbons (Fsp3) is 0.0909. The minimum Gasteiger partial charge on any atom is -0.322 e. The highest BCUT2D eigenvalue weighted by Gasteiger charge is 2.22. The van der Waals surface area contributed by atoms with E-state index in [0.29, 0.717) is 26.9 Å². The van der Waals surface area contributed by atoms with Gasteiger partial charge in [0.2, 0.25) is 0 Å². The lowest BCUT2D eigenvalue weighted by Crippen LogP contribution is -2.13. The molecule has 0 spiro atoms. The number of fused-ring (bicyclic) bond motifs is 1. The molecule has 0 aliphatic carbocycles. The lowest BCUT2D eigenvalue weighted by molar-refractivity contribution is 0.102. The molecule has 2 heterocycles. The number of carbonyl (C=O) groups is 1. The first-order chi connectivity index (χ1) is 13.4. The van der Waals surface area contributed by atoms with E-state index in [9.17, 15) is 4.79 Å². The number of halogens is 2. The Bertz CT molecular complexity index is 1200. The Kier molecular flexibility index (Phi) is 4.84. The number of hydrogen-bond acceptors (Lipinski definition) is 2. The van der Waals surface area contributed by atoms with Gasteiger partial charge in [0.15, 0.2) is 5.65 Å². The van der Waals surface area contributed by atoms with Gasteiger partial charge in [0.25, 0.3) is 5.91 Å². The second-order valence-corrected chi connectivity index (χ2v) is 7.49. The number of rotatable bonds is 3. The van der Waals surface area contributed by atoms with Crippen molar-refractivity contribution in [2.75, 3.05) is 5.32 Å². The number of amides is 1. The Morgan fingerprint density at radius 2 is 1.75 bits per heavy atom. The van der Waals surface area contributed by atoms with Crippen LogP contribution in [-0.4, -0.2) is 15.3 Å². The van der Waals surface area contributed by atoms with Gasteiger partial charge in [-0.05, 0) is 55.8 Å². The quantitative estimate of drug-likeness (QED) is 0.439. The van der Waals surface area contributed by atoms with E-state index in [4.69, 9.17) is 23.2 Å². The van der Waals surface area contributed by atoms with Crippen molar-refractivity contribution in [3.8, 4) is 11.1 Å². The lowest BCUT2D eigenvalue weighted by Gasteiger charge is -2.08. The lowest BCUT2D eigenvalue weighted by atomic mass is 10.0. The summed E-state index contributed by atoms with van der Waals surface area (Å²) < 4.78 is 1.93. The molecule has 140 valence electrons. The monoisotopic (exact) mass is 409 g/mol. The van der Waals surface area contributed by atoms with Gasteiger partial charge in [-0.25, -0.2) is 4.98 Å². The van der Waals surface area contributed by atoms with Crippen LogP contribution in [0.5, 0.6) is 0 Å². The van der Waals surface area contributed by atoms with E-state index in [-0.39, 0.29) is 5.91 Å². The van der Waals surface area contributed by atoms with Crippen LogP contribution in [0.25, 0.3) is 16.8 Å². The number of carbonyl (C=O) groups excluding carboxylic acids is 1. The summed E-state index contributed by atoms with van der Waals surface area (Å²) in [7, 11) is 0. The van der Waals surface area contributed by atoms with Crippen molar-refractivity contribution in [1.29, 1.82) is 0 Å². The zero-order valence-electron chi connectivity index (χ0n) is 15.3. The number of anilines is 1. The van der Waals surface area contributed by atoms with Gasteiger partial charge in [0.1, 0.15) is 0 Å². The van der Waals surface area contributed by atoms with Gasteiger partial charge in [0.05, 0.1) is 5.56 Å². The molecule has 1 N–H and O–H groups in total. The Morgan fingerprint density at radius 3 is 2.46 bits per heavy atom. The number of benzene rings is 2. The Balaban J connectivity index is 1.90. The van der Waals surface area contributed by atoms with Crippen molar-refractivity contribution >= 4 is 40.4 Å². The average molecular weight is 410 g/mol. The molecule has 0 aliphatic rings. The first-order valence-electron chi connectivity index (χ1n) is 8.74. The number of nitrogens with one attached hydrogen (secondary N) is 1. The van der Waals surface area contributed by atoms with Crippen molar-refractivity contribution in [3.05, 3.63) is 87.8 Å². The second kappa shape index (κ2) is 7.30. The molecule has 0 saturated carbocycles. The van der Waals surface area contributed by atoms with Crippen molar-refractivity contribution in [1.82, 2.24) is 9.38 Å². The molecule has 0 fully saturated rings. The number of nitrogens with zero attached hydrogens (tertiary/aromatic N) is 2. The van der Waals surface area contributed by atoms with Crippen LogP contribution in [0.3, 0.4) is 0 Å². The van der Waals surface area contributed by atoms with Gasteiger partial charge >= 0.3 is 0 Å². The largest absolute Gasteiger partial charge is 0.322 e. The Morgan fingerprint density at radius 1 is 1.00 bits per heavy atom. The van der Waals surface area contributed by atoms with E-state index in [2.05, 4.69) is 10.3 Å². The van der Waals surface area contributed by atoms with E-state index in [1.807, 2.05) is 54.8 Å². The predicted octanol–water partition coefficient (Wildman–Crippen LogP) is 6.18. The Labute approximate surface area is 172 Å². The van der Waals surface area contributed by atoms with Crippen molar-refractivity contribution in [3.63, 3.8) is 0 Å². The zero-order chi connectivity index (χ0) is 19.8. The van der Waals surface area contributed by atoms with Crippen LogP contribution in [0.1, 0.15) is 21.7 Å². The zero-order valence-corrected chi connectivity index (χ0v) is 16.8. The third-order valence-electron chi connectivity index (χ3n) is 4.52. The number of aromatic nitrogens is 2. The molecule has 0 radical (unpaired) electrons. The molecular weight excluding hydrogens is 393 g/mol. The van der Waals surface area contributed by atoms with Gasteiger partial charge in [0, 0.05) is 38.9 Å². The summed E-state index contributed by atoms with van der Waals surface area (Å²) in [6.45, 7) is 3.91. The molecule has 0 bridgehead atoms. The van der Waals surface area contributed by atoms with E-state index in [0.717, 1.165) is 22.5 Å². The van der Waals surface area contributed by atoms with Crippen LogP contribution in [0.15, 0.2) is 60.8 Å². The van der Waals surface area contributed by atoms with Crippen molar-refractivity contribution in [2.45, 2.75) is 13.8 Å². The third-order valence-corrected chi connectivity index (χ3v) is 5.01. The summed E-state index contributed by atoms with van der Waals surface area (Å²) in [5.74, 6) is -0.243. The highest BCUT2D eigenvalue weighted by molar-refractivity contribution is 6.31. The summed E-state index contributed by atoms with van der Waals surface area (Å²) in [4.78, 5) is 17.9. The van der Waals surface area contributed by atoms with E-state index >= 15 is 0 Å². The SMILES string of the molecule is Cc1cc(C)n2cc(-c3ccc(Cl)cc3)c(C(=O)Nc3cccc(Cl)c3)c2n1. The average Bonchev–Trinajstić information content (AvgIpc) is 3.02. The molecule has 0 unspecified atom stereocenters. The van der Waals surface area contributed by atoms with Gasteiger partial charge < -0.3 is 9.72 Å². The van der Waals surface area contributed by atoms with Crippen LogP contribution < -0.4 is 5.32 Å². The molecule has 4 rings (SSSR count). The summed E-state index contributed by atoms with van der Waals surface area (Å²) in [6, 6.07) is 16.5. The molecule has 28 heavy (non-hydrogen) atoms. The van der Waals surface area contributed by atoms with Crippen LogP contribution in [-0.2, 0) is 0 Å². The highest BCUT2D eigenvalue weighted by Crippen LogP contribution is 2.31. The third kappa shape index (κ3) is 3.49. The first-order valence-corrected chi connectivity index (χ1v) is 9.50. The van der Waals surface area contributed by atoms with Gasteiger partial charge in [-0.2, -0.15) is 0 Å². The van der Waals surface area contributed by atoms with E-state index in [1.54, 1.807) is 24.3 Å². The predicted molar refractivity (Wildman–Crippen MR) is 115 cm³/mol. The van der Waals surface area contributed by atoms with Crippen LogP contribution in [0, 0.1) is 13.8 Å². The molecule has 4 nitrogen and oxygen atoms in total. The van der Waals surface area contributed by atoms with Crippen LogP contribution in [0.4, 0.5) is 5.69 Å². The van der Waals surface area contributed by atoms with Crippen molar-refractivity contribution in [2.24, 2.45) is 0 Å². The maximum absolute atomic E-state index is 13.3. The molecule has 2 aromatic carbocycles. The molecular formula is C22H17Cl2N3O. The maximum atomic E-state index is 13.3. The number of aryl methyl sites for hydroxylation is 2. The van der Waals surface area contributed by atoms with Gasteiger partial charge in [-0.3, -0.25) is 4.79 Å². The molecule has 0 atom stereocenters. The molecule has 6 heteroatoms. The van der Waals surface area contributed by atoms with Crippen molar-refractivity contribution < 1.29 is 4.79 Å². The smallest absolute Gasteiger partial charge is 0.260 e. The fourth-order valence-corrected chi connectivity index (χ4v) is 3.59. The normalized spacial score (nSPS) is 11.0. The van der Waals surface area contributed by atoms with Crippen LogP contribution >= 0.6 is 23.2 Å². The van der Waals surface area contributed by atoms with Crippen LogP contribution in [0.2, 0.25) is 10.0 Å². The topological polar surface area (TPSA) is 46.4 Å². The summed E-state index contributed by atoms with van der Waals surface area (Å²) in [5.41, 5.74) is 5.28. The Hall–Kier alpha value is -2.82. The van der Waals surface area contributed by atoms with E-state index in [1.165, 1.54) is 0 Å². The molecule has 2 aromatic heterocycles. The first kappa shape index (κ1) is 18.5. The number of hydrogen-bond donors (Lipinski definition) is 1. The molecule has 4 aromatic rings. The maximum Gasteiger partial charge on any atom is 0.260 e. The standard InChI is InChI=1S/C22H17Cl2N3O/c1-13-10-14(2)27-12-19(15-6-8-16(23)9-7-15)20(21(27)25-13)22(28)26-18-5-3-4-17(24)11-18/h3-12H,1-2H3,(H,26,28).